The minimum atomic E-state index is -0.559. The van der Waals surface area contributed by atoms with Crippen LogP contribution in [0.25, 0.3) is 5.65 Å². The molecule has 0 saturated carbocycles. The highest BCUT2D eigenvalue weighted by atomic mass is 16.6. The molecule has 0 radical (unpaired) electrons. The van der Waals surface area contributed by atoms with Gasteiger partial charge in [0.15, 0.2) is 5.82 Å². The van der Waals surface area contributed by atoms with Gasteiger partial charge in [-0.25, -0.2) is 9.78 Å². The molecule has 134 valence electrons. The van der Waals surface area contributed by atoms with E-state index < -0.39 is 6.09 Å². The summed E-state index contributed by atoms with van der Waals surface area (Å²) in [5.74, 6) is 1.03. The molecule has 8 nitrogen and oxygen atoms in total. The molecule has 8 heteroatoms. The van der Waals surface area contributed by atoms with Gasteiger partial charge in [0.05, 0.1) is 6.10 Å². The maximum absolute atomic E-state index is 11.9. The lowest BCUT2D eigenvalue weighted by molar-refractivity contribution is 0.129. The third-order valence-electron chi connectivity index (χ3n) is 4.23. The molecule has 0 fully saturated rings. The zero-order chi connectivity index (χ0) is 18.1. The Balaban J connectivity index is 1.71. The summed E-state index contributed by atoms with van der Waals surface area (Å²) in [6.45, 7) is 4.43. The fourth-order valence-corrected chi connectivity index (χ4v) is 3.18. The maximum Gasteiger partial charge on any atom is 0.414 e. The van der Waals surface area contributed by atoms with Crippen LogP contribution in [0, 0.1) is 0 Å². The van der Waals surface area contributed by atoms with Gasteiger partial charge in [-0.3, -0.25) is 9.72 Å². The molecule has 0 unspecified atom stereocenters. The van der Waals surface area contributed by atoms with Crippen LogP contribution in [0.3, 0.4) is 0 Å². The van der Waals surface area contributed by atoms with Crippen molar-refractivity contribution in [2.24, 2.45) is 0 Å². The van der Waals surface area contributed by atoms with Crippen LogP contribution in [-0.2, 0) is 11.2 Å². The third kappa shape index (κ3) is 2.94. The normalized spacial score (nSPS) is 13.7. The van der Waals surface area contributed by atoms with Crippen LogP contribution >= 0.6 is 0 Å². The molecule has 1 aliphatic rings. The van der Waals surface area contributed by atoms with Gasteiger partial charge in [-0.1, -0.05) is 18.2 Å². The summed E-state index contributed by atoms with van der Waals surface area (Å²) in [6, 6.07) is 8.31. The van der Waals surface area contributed by atoms with E-state index >= 15 is 0 Å². The Labute approximate surface area is 150 Å². The molecule has 0 atom stereocenters. The smallest absolute Gasteiger partial charge is 0.414 e. The monoisotopic (exact) mass is 352 g/mol. The Morgan fingerprint density at radius 1 is 1.27 bits per heavy atom. The number of amides is 1. The van der Waals surface area contributed by atoms with Crippen molar-refractivity contribution in [2.75, 3.05) is 16.8 Å². The van der Waals surface area contributed by atoms with Crippen LogP contribution in [-0.4, -0.2) is 38.3 Å². The molecule has 26 heavy (non-hydrogen) atoms. The number of aromatic nitrogens is 4. The van der Waals surface area contributed by atoms with Gasteiger partial charge in [0.2, 0.25) is 11.6 Å². The minimum Gasteiger partial charge on any atom is -0.447 e. The van der Waals surface area contributed by atoms with Gasteiger partial charge in [-0.05, 0) is 38.3 Å². The van der Waals surface area contributed by atoms with Crippen LogP contribution in [0.4, 0.5) is 22.2 Å². The number of ether oxygens (including phenoxy) is 1. The first kappa shape index (κ1) is 16.3. The number of benzene rings is 1. The Kier molecular flexibility index (Phi) is 4.16. The van der Waals surface area contributed by atoms with Crippen LogP contribution in [0.15, 0.2) is 36.7 Å². The second-order valence-electron chi connectivity index (χ2n) is 6.43. The first-order chi connectivity index (χ1) is 12.6. The standard InChI is InChI=1S/C18H20N6O2/c1-12(2)26-18(25)20-17-22-21-16-15(19-9-11-24(16)17)23-10-5-7-13-6-3-4-8-14(13)23/h3-4,6,8-9,11-12H,5,7,10H2,1-2H3,(H,20,22,25). The first-order valence-corrected chi connectivity index (χ1v) is 8.66. The number of anilines is 3. The number of para-hydroxylation sites is 1. The number of fused-ring (bicyclic) bond motifs is 2. The molecule has 4 rings (SSSR count). The molecule has 1 N–H and O–H groups in total. The van der Waals surface area contributed by atoms with Crippen molar-refractivity contribution in [3.05, 3.63) is 42.2 Å². The molecule has 0 saturated heterocycles. The summed E-state index contributed by atoms with van der Waals surface area (Å²) < 4.78 is 6.82. The van der Waals surface area contributed by atoms with Gasteiger partial charge in [0.25, 0.3) is 0 Å². The zero-order valence-electron chi connectivity index (χ0n) is 14.7. The van der Waals surface area contributed by atoms with Crippen molar-refractivity contribution >= 4 is 29.2 Å². The average molecular weight is 352 g/mol. The van der Waals surface area contributed by atoms with Crippen molar-refractivity contribution in [2.45, 2.75) is 32.8 Å². The number of nitrogens with zero attached hydrogens (tertiary/aromatic N) is 5. The lowest BCUT2D eigenvalue weighted by Crippen LogP contribution is -2.26. The maximum atomic E-state index is 11.9. The molecule has 2 aromatic heterocycles. The van der Waals surface area contributed by atoms with Crippen molar-refractivity contribution in [1.82, 2.24) is 19.6 Å². The molecule has 0 bridgehead atoms. The number of carbonyl (C=O) groups excluding carboxylic acids is 1. The van der Waals surface area contributed by atoms with Crippen molar-refractivity contribution in [1.29, 1.82) is 0 Å². The minimum absolute atomic E-state index is 0.212. The Morgan fingerprint density at radius 2 is 2.12 bits per heavy atom. The van der Waals surface area contributed by atoms with E-state index in [1.807, 2.05) is 6.07 Å². The number of hydrogen-bond donors (Lipinski definition) is 1. The Hall–Kier alpha value is -3.16. The fourth-order valence-electron chi connectivity index (χ4n) is 3.18. The van der Waals surface area contributed by atoms with E-state index in [4.69, 9.17) is 4.74 Å². The van der Waals surface area contributed by atoms with Gasteiger partial charge in [-0.15, -0.1) is 10.2 Å². The molecule has 1 aliphatic heterocycles. The SMILES string of the molecule is CC(C)OC(=O)Nc1nnc2c(N3CCCc4ccccc43)nccn12. The zero-order valence-corrected chi connectivity index (χ0v) is 14.7. The summed E-state index contributed by atoms with van der Waals surface area (Å²) >= 11 is 0. The van der Waals surface area contributed by atoms with Gasteiger partial charge in [0.1, 0.15) is 0 Å². The number of hydrogen-bond acceptors (Lipinski definition) is 6. The number of nitrogens with one attached hydrogen (secondary N) is 1. The first-order valence-electron chi connectivity index (χ1n) is 8.66. The highest BCUT2D eigenvalue weighted by Gasteiger charge is 2.23. The summed E-state index contributed by atoms with van der Waals surface area (Å²) in [4.78, 5) is 18.6. The second kappa shape index (κ2) is 6.62. The summed E-state index contributed by atoms with van der Waals surface area (Å²) in [5.41, 5.74) is 3.01. The topological polar surface area (TPSA) is 84.6 Å². The van der Waals surface area contributed by atoms with Crippen LogP contribution in [0.2, 0.25) is 0 Å². The molecular weight excluding hydrogens is 332 g/mol. The van der Waals surface area contributed by atoms with Gasteiger partial charge >= 0.3 is 6.09 Å². The molecular formula is C18H20N6O2. The second-order valence-corrected chi connectivity index (χ2v) is 6.43. The van der Waals surface area contributed by atoms with E-state index in [1.54, 1.807) is 30.6 Å². The van der Waals surface area contributed by atoms with Crippen molar-refractivity contribution < 1.29 is 9.53 Å². The molecule has 0 spiro atoms. The molecule has 1 amide bonds. The summed E-state index contributed by atoms with van der Waals surface area (Å²) in [7, 11) is 0. The van der Waals surface area contributed by atoms with Gasteiger partial charge in [0, 0.05) is 24.6 Å². The third-order valence-corrected chi connectivity index (χ3v) is 4.23. The van der Waals surface area contributed by atoms with Crippen molar-refractivity contribution in [3.8, 4) is 0 Å². The van der Waals surface area contributed by atoms with Crippen LogP contribution < -0.4 is 10.2 Å². The number of aryl methyl sites for hydroxylation is 1. The highest BCUT2D eigenvalue weighted by molar-refractivity contribution is 5.84. The van der Waals surface area contributed by atoms with E-state index in [9.17, 15) is 4.79 Å². The van der Waals surface area contributed by atoms with Gasteiger partial charge < -0.3 is 9.64 Å². The van der Waals surface area contributed by atoms with E-state index in [0.29, 0.717) is 11.6 Å². The lowest BCUT2D eigenvalue weighted by atomic mass is 10.0. The van der Waals surface area contributed by atoms with E-state index in [-0.39, 0.29) is 6.10 Å². The lowest BCUT2D eigenvalue weighted by Gasteiger charge is -2.30. The van der Waals surface area contributed by atoms with Crippen LogP contribution in [0.1, 0.15) is 25.8 Å². The number of carbonyl (C=O) groups is 1. The van der Waals surface area contributed by atoms with Crippen LogP contribution in [0.5, 0.6) is 0 Å². The van der Waals surface area contributed by atoms with Gasteiger partial charge in [-0.2, -0.15) is 0 Å². The van der Waals surface area contributed by atoms with E-state index in [0.717, 1.165) is 30.9 Å². The predicted octanol–water partition coefficient (Wildman–Crippen LogP) is 3.17. The predicted molar refractivity (Wildman–Crippen MR) is 97.8 cm³/mol. The van der Waals surface area contributed by atoms with E-state index in [1.165, 1.54) is 5.56 Å². The molecule has 0 aliphatic carbocycles. The largest absolute Gasteiger partial charge is 0.447 e. The van der Waals surface area contributed by atoms with E-state index in [2.05, 4.69) is 43.6 Å². The fraction of sp³-hybridized carbons (Fsp3) is 0.333. The molecule has 3 aromatic rings. The average Bonchev–Trinajstić information content (AvgIpc) is 3.03. The summed E-state index contributed by atoms with van der Waals surface area (Å²) in [5, 5.41) is 11.0. The highest BCUT2D eigenvalue weighted by Crippen LogP contribution is 2.34. The molecule has 3 heterocycles. The quantitative estimate of drug-likeness (QED) is 0.779. The number of rotatable bonds is 3. The summed E-state index contributed by atoms with van der Waals surface area (Å²) in [6.07, 6.45) is 4.73. The Morgan fingerprint density at radius 3 is 2.96 bits per heavy atom. The Bertz CT molecular complexity index is 952. The van der Waals surface area contributed by atoms with Crippen molar-refractivity contribution in [3.63, 3.8) is 0 Å². The molecule has 1 aromatic carbocycles.